The molecule has 0 aliphatic carbocycles. The summed E-state index contributed by atoms with van der Waals surface area (Å²) in [5, 5.41) is 9.93. The van der Waals surface area contributed by atoms with E-state index < -0.39 is 23.6 Å². The van der Waals surface area contributed by atoms with E-state index in [-0.39, 0.29) is 15.6 Å². The third kappa shape index (κ3) is 2.57. The summed E-state index contributed by atoms with van der Waals surface area (Å²) in [5.41, 5.74) is 0.0966. The molecule has 0 aromatic heterocycles. The van der Waals surface area contributed by atoms with Crippen molar-refractivity contribution in [2.24, 2.45) is 0 Å². The van der Waals surface area contributed by atoms with E-state index >= 15 is 0 Å². The molecule has 1 nitrogen and oxygen atoms in total. The molecule has 1 unspecified atom stereocenters. The van der Waals surface area contributed by atoms with Gasteiger partial charge in [0.15, 0.2) is 0 Å². The Kier molecular flexibility index (Phi) is 3.73. The Morgan fingerprint density at radius 2 is 1.67 bits per heavy atom. The summed E-state index contributed by atoms with van der Waals surface area (Å²) in [6, 6.07) is 6.81. The zero-order valence-corrected chi connectivity index (χ0v) is 10.6. The normalized spacial score (nSPS) is 12.5. The molecule has 0 spiro atoms. The number of hydrogen-bond acceptors (Lipinski definition) is 1. The SMILES string of the molecule is OC(c1ccc(Br)c(F)c1)c1ccc(F)cc1F. The van der Waals surface area contributed by atoms with Gasteiger partial charge in [0.2, 0.25) is 0 Å². The highest BCUT2D eigenvalue weighted by Gasteiger charge is 2.16. The van der Waals surface area contributed by atoms with E-state index in [1.807, 2.05) is 0 Å². The second kappa shape index (κ2) is 5.12. The van der Waals surface area contributed by atoms with E-state index in [2.05, 4.69) is 15.9 Å². The monoisotopic (exact) mass is 316 g/mol. The Morgan fingerprint density at radius 1 is 0.944 bits per heavy atom. The van der Waals surface area contributed by atoms with Crippen LogP contribution in [0.2, 0.25) is 0 Å². The molecule has 0 aliphatic heterocycles. The van der Waals surface area contributed by atoms with Gasteiger partial charge in [-0.15, -0.1) is 0 Å². The first kappa shape index (κ1) is 13.1. The van der Waals surface area contributed by atoms with Crippen molar-refractivity contribution in [1.82, 2.24) is 0 Å². The molecular weight excluding hydrogens is 309 g/mol. The van der Waals surface area contributed by atoms with Crippen LogP contribution in [0.5, 0.6) is 0 Å². The molecule has 0 fully saturated rings. The molecule has 94 valence electrons. The minimum absolute atomic E-state index is 0.0990. The topological polar surface area (TPSA) is 20.2 Å². The number of aliphatic hydroxyl groups excluding tert-OH is 1. The lowest BCUT2D eigenvalue weighted by Gasteiger charge is -2.12. The zero-order chi connectivity index (χ0) is 13.3. The summed E-state index contributed by atoms with van der Waals surface area (Å²) in [5.74, 6) is -2.16. The van der Waals surface area contributed by atoms with Crippen LogP contribution in [-0.2, 0) is 0 Å². The molecule has 18 heavy (non-hydrogen) atoms. The Balaban J connectivity index is 2.41. The van der Waals surface area contributed by atoms with Crippen LogP contribution >= 0.6 is 15.9 Å². The maximum absolute atomic E-state index is 13.5. The van der Waals surface area contributed by atoms with Gasteiger partial charge in [0.1, 0.15) is 23.6 Å². The number of benzene rings is 2. The lowest BCUT2D eigenvalue weighted by atomic mass is 10.0. The zero-order valence-electron chi connectivity index (χ0n) is 9.00. The smallest absolute Gasteiger partial charge is 0.137 e. The Bertz CT molecular complexity index is 586. The van der Waals surface area contributed by atoms with Gasteiger partial charge in [-0.2, -0.15) is 0 Å². The molecule has 0 amide bonds. The van der Waals surface area contributed by atoms with Gasteiger partial charge in [-0.3, -0.25) is 0 Å². The lowest BCUT2D eigenvalue weighted by Crippen LogP contribution is -2.03. The van der Waals surface area contributed by atoms with Crippen molar-refractivity contribution in [2.75, 3.05) is 0 Å². The molecule has 5 heteroatoms. The number of halogens is 4. The largest absolute Gasteiger partial charge is 0.384 e. The van der Waals surface area contributed by atoms with Gasteiger partial charge < -0.3 is 5.11 Å². The van der Waals surface area contributed by atoms with Crippen LogP contribution in [0.25, 0.3) is 0 Å². The summed E-state index contributed by atoms with van der Waals surface area (Å²) in [6.07, 6.45) is -1.34. The fourth-order valence-electron chi connectivity index (χ4n) is 1.59. The van der Waals surface area contributed by atoms with E-state index in [1.165, 1.54) is 12.1 Å². The average molecular weight is 317 g/mol. The molecule has 1 atom stereocenters. The highest BCUT2D eigenvalue weighted by molar-refractivity contribution is 9.10. The average Bonchev–Trinajstić information content (AvgIpc) is 2.32. The fourth-order valence-corrected chi connectivity index (χ4v) is 1.83. The van der Waals surface area contributed by atoms with Crippen molar-refractivity contribution in [3.63, 3.8) is 0 Å². The minimum Gasteiger partial charge on any atom is -0.384 e. The van der Waals surface area contributed by atoms with E-state index in [9.17, 15) is 18.3 Å². The minimum atomic E-state index is -1.34. The molecule has 0 bridgehead atoms. The Labute approximate surface area is 110 Å². The summed E-state index contributed by atoms with van der Waals surface area (Å²) in [7, 11) is 0. The van der Waals surface area contributed by atoms with Crippen molar-refractivity contribution >= 4 is 15.9 Å². The van der Waals surface area contributed by atoms with E-state index in [0.29, 0.717) is 6.07 Å². The molecule has 0 saturated heterocycles. The molecule has 0 radical (unpaired) electrons. The van der Waals surface area contributed by atoms with Crippen molar-refractivity contribution in [3.8, 4) is 0 Å². The van der Waals surface area contributed by atoms with Gasteiger partial charge in [0.25, 0.3) is 0 Å². The molecule has 0 saturated carbocycles. The molecular formula is C13H8BrF3O. The maximum Gasteiger partial charge on any atom is 0.137 e. The van der Waals surface area contributed by atoms with Crippen molar-refractivity contribution in [2.45, 2.75) is 6.10 Å². The highest BCUT2D eigenvalue weighted by Crippen LogP contribution is 2.27. The van der Waals surface area contributed by atoms with Crippen LogP contribution < -0.4 is 0 Å². The molecule has 1 N–H and O–H groups in total. The van der Waals surface area contributed by atoms with E-state index in [4.69, 9.17) is 0 Å². The number of aliphatic hydroxyl groups is 1. The second-order valence-corrected chi connectivity index (χ2v) is 4.60. The first-order chi connectivity index (χ1) is 8.49. The molecule has 0 heterocycles. The van der Waals surface area contributed by atoms with Crippen LogP contribution in [0.3, 0.4) is 0 Å². The van der Waals surface area contributed by atoms with Crippen LogP contribution in [0.4, 0.5) is 13.2 Å². The van der Waals surface area contributed by atoms with Gasteiger partial charge in [0, 0.05) is 11.6 Å². The summed E-state index contributed by atoms with van der Waals surface area (Å²) < 4.78 is 39.8. The van der Waals surface area contributed by atoms with Gasteiger partial charge >= 0.3 is 0 Å². The van der Waals surface area contributed by atoms with Crippen molar-refractivity contribution < 1.29 is 18.3 Å². The van der Waals surface area contributed by atoms with Gasteiger partial charge in [0.05, 0.1) is 4.47 Å². The van der Waals surface area contributed by atoms with Gasteiger partial charge in [-0.1, -0.05) is 12.1 Å². The Hall–Kier alpha value is -1.33. The third-order valence-electron chi connectivity index (χ3n) is 2.52. The van der Waals surface area contributed by atoms with Gasteiger partial charge in [-0.25, -0.2) is 13.2 Å². The van der Waals surface area contributed by atoms with Crippen LogP contribution in [-0.4, -0.2) is 5.11 Å². The number of rotatable bonds is 2. The van der Waals surface area contributed by atoms with Crippen LogP contribution in [0, 0.1) is 17.5 Å². The molecule has 0 aliphatic rings. The first-order valence-corrected chi connectivity index (χ1v) is 5.86. The lowest BCUT2D eigenvalue weighted by molar-refractivity contribution is 0.214. The molecule has 2 aromatic rings. The molecule has 2 rings (SSSR count). The second-order valence-electron chi connectivity index (χ2n) is 3.74. The highest BCUT2D eigenvalue weighted by atomic mass is 79.9. The maximum atomic E-state index is 13.5. The van der Waals surface area contributed by atoms with E-state index in [0.717, 1.165) is 18.2 Å². The van der Waals surface area contributed by atoms with Crippen molar-refractivity contribution in [3.05, 3.63) is 69.4 Å². The number of hydrogen-bond donors (Lipinski definition) is 1. The quantitative estimate of drug-likeness (QED) is 0.889. The van der Waals surface area contributed by atoms with Crippen molar-refractivity contribution in [1.29, 1.82) is 0 Å². The summed E-state index contributed by atoms with van der Waals surface area (Å²) >= 11 is 2.98. The standard InChI is InChI=1S/C13H8BrF3O/c14-10-4-1-7(5-12(10)17)13(18)9-3-2-8(15)6-11(9)16/h1-6,13,18H. The summed E-state index contributed by atoms with van der Waals surface area (Å²) in [4.78, 5) is 0. The summed E-state index contributed by atoms with van der Waals surface area (Å²) in [6.45, 7) is 0. The van der Waals surface area contributed by atoms with Crippen LogP contribution in [0.15, 0.2) is 40.9 Å². The van der Waals surface area contributed by atoms with Gasteiger partial charge in [-0.05, 0) is 39.7 Å². The predicted octanol–water partition coefficient (Wildman–Crippen LogP) is 3.95. The van der Waals surface area contributed by atoms with Crippen LogP contribution in [0.1, 0.15) is 17.2 Å². The predicted molar refractivity (Wildman–Crippen MR) is 64.5 cm³/mol. The third-order valence-corrected chi connectivity index (χ3v) is 3.16. The van der Waals surface area contributed by atoms with E-state index in [1.54, 1.807) is 0 Å². The molecule has 2 aromatic carbocycles. The first-order valence-electron chi connectivity index (χ1n) is 5.07. The Morgan fingerprint density at radius 3 is 2.28 bits per heavy atom. The fraction of sp³-hybridized carbons (Fsp3) is 0.0769.